The summed E-state index contributed by atoms with van der Waals surface area (Å²) in [5, 5.41) is 2.02. The highest BCUT2D eigenvalue weighted by Crippen LogP contribution is 2.16. The lowest BCUT2D eigenvalue weighted by Crippen LogP contribution is -2.49. The van der Waals surface area contributed by atoms with Crippen LogP contribution in [0.5, 0.6) is 0 Å². The van der Waals surface area contributed by atoms with Crippen LogP contribution in [0.2, 0.25) is 0 Å². The van der Waals surface area contributed by atoms with E-state index in [1.807, 2.05) is 44.2 Å². The summed E-state index contributed by atoms with van der Waals surface area (Å²) in [4.78, 5) is 26.1. The van der Waals surface area contributed by atoms with Crippen molar-refractivity contribution in [1.29, 1.82) is 0 Å². The van der Waals surface area contributed by atoms with Crippen molar-refractivity contribution in [2.75, 3.05) is 19.7 Å². The molecular formula is C19H21NO4. The van der Waals surface area contributed by atoms with Gasteiger partial charge in [0.15, 0.2) is 6.61 Å². The van der Waals surface area contributed by atoms with E-state index in [0.717, 1.165) is 10.8 Å². The summed E-state index contributed by atoms with van der Waals surface area (Å²) in [5.74, 6) is -0.672. The Kier molecular flexibility index (Phi) is 4.81. The third-order valence-corrected chi connectivity index (χ3v) is 4.08. The van der Waals surface area contributed by atoms with Crippen LogP contribution in [0.3, 0.4) is 0 Å². The zero-order valence-electron chi connectivity index (χ0n) is 13.9. The maximum Gasteiger partial charge on any atom is 0.338 e. The zero-order chi connectivity index (χ0) is 17.1. The molecule has 2 aromatic carbocycles. The first-order valence-corrected chi connectivity index (χ1v) is 8.12. The van der Waals surface area contributed by atoms with Gasteiger partial charge in [-0.25, -0.2) is 4.79 Å². The van der Waals surface area contributed by atoms with Crippen molar-refractivity contribution in [3.8, 4) is 0 Å². The van der Waals surface area contributed by atoms with Crippen molar-refractivity contribution in [2.45, 2.75) is 26.1 Å². The highest BCUT2D eigenvalue weighted by molar-refractivity contribution is 5.96. The molecule has 2 atom stereocenters. The third kappa shape index (κ3) is 3.74. The molecule has 0 spiro atoms. The van der Waals surface area contributed by atoms with Gasteiger partial charge in [0.1, 0.15) is 0 Å². The molecule has 0 bridgehead atoms. The minimum atomic E-state index is -0.483. The molecule has 5 nitrogen and oxygen atoms in total. The quantitative estimate of drug-likeness (QED) is 0.813. The van der Waals surface area contributed by atoms with Crippen molar-refractivity contribution >= 4 is 22.6 Å². The zero-order valence-corrected chi connectivity index (χ0v) is 13.9. The lowest BCUT2D eigenvalue weighted by atomic mass is 10.1. The van der Waals surface area contributed by atoms with Crippen LogP contribution in [0.25, 0.3) is 10.8 Å². The Hall–Kier alpha value is -2.40. The Morgan fingerprint density at radius 1 is 1.08 bits per heavy atom. The molecule has 1 saturated heterocycles. The SMILES string of the molecule is CC1CN(C(=O)COC(=O)c2ccc3ccccc3c2)CC(C)O1. The number of amides is 1. The summed E-state index contributed by atoms with van der Waals surface area (Å²) in [7, 11) is 0. The number of carbonyl (C=O) groups is 2. The number of benzene rings is 2. The second-order valence-corrected chi connectivity index (χ2v) is 6.19. The summed E-state index contributed by atoms with van der Waals surface area (Å²) in [6.45, 7) is 4.66. The molecule has 5 heteroatoms. The molecule has 0 radical (unpaired) electrons. The number of fused-ring (bicyclic) bond motifs is 1. The van der Waals surface area contributed by atoms with E-state index in [0.29, 0.717) is 18.7 Å². The van der Waals surface area contributed by atoms with Gasteiger partial charge in [0.05, 0.1) is 17.8 Å². The Morgan fingerprint density at radius 3 is 2.46 bits per heavy atom. The number of esters is 1. The number of nitrogens with zero attached hydrogens (tertiary/aromatic N) is 1. The fourth-order valence-corrected chi connectivity index (χ4v) is 3.00. The minimum absolute atomic E-state index is 0.00566. The summed E-state index contributed by atoms with van der Waals surface area (Å²) in [5.41, 5.74) is 0.449. The predicted octanol–water partition coefficient (Wildman–Crippen LogP) is 2.63. The molecule has 126 valence electrons. The maximum absolute atomic E-state index is 12.2. The first-order valence-electron chi connectivity index (χ1n) is 8.12. The number of hydrogen-bond donors (Lipinski definition) is 0. The van der Waals surface area contributed by atoms with E-state index in [1.54, 1.807) is 17.0 Å². The van der Waals surface area contributed by atoms with Crippen LogP contribution in [0.15, 0.2) is 42.5 Å². The summed E-state index contributed by atoms with van der Waals surface area (Å²) in [6, 6.07) is 13.2. The Morgan fingerprint density at radius 2 is 1.75 bits per heavy atom. The van der Waals surface area contributed by atoms with Gasteiger partial charge in [-0.3, -0.25) is 4.79 Å². The molecule has 2 unspecified atom stereocenters. The van der Waals surface area contributed by atoms with Gasteiger partial charge in [-0.1, -0.05) is 30.3 Å². The Balaban J connectivity index is 1.60. The first kappa shape index (κ1) is 16.5. The number of ether oxygens (including phenoxy) is 2. The fraction of sp³-hybridized carbons (Fsp3) is 0.368. The summed E-state index contributed by atoms with van der Waals surface area (Å²) >= 11 is 0. The summed E-state index contributed by atoms with van der Waals surface area (Å²) in [6.07, 6.45) is -0.0113. The monoisotopic (exact) mass is 327 g/mol. The van der Waals surface area contributed by atoms with Gasteiger partial charge < -0.3 is 14.4 Å². The average molecular weight is 327 g/mol. The Bertz CT molecular complexity index is 748. The van der Waals surface area contributed by atoms with Crippen LogP contribution < -0.4 is 0 Å². The molecule has 24 heavy (non-hydrogen) atoms. The molecule has 2 aromatic rings. The molecule has 0 N–H and O–H groups in total. The maximum atomic E-state index is 12.2. The van der Waals surface area contributed by atoms with Crippen LogP contribution in [0.1, 0.15) is 24.2 Å². The number of rotatable bonds is 3. The van der Waals surface area contributed by atoms with Gasteiger partial charge >= 0.3 is 5.97 Å². The lowest BCUT2D eigenvalue weighted by Gasteiger charge is -2.35. The van der Waals surface area contributed by atoms with E-state index >= 15 is 0 Å². The summed E-state index contributed by atoms with van der Waals surface area (Å²) < 4.78 is 10.8. The van der Waals surface area contributed by atoms with Crippen molar-refractivity contribution in [1.82, 2.24) is 4.90 Å². The van der Waals surface area contributed by atoms with Crippen molar-refractivity contribution in [3.63, 3.8) is 0 Å². The standard InChI is InChI=1S/C19H21NO4/c1-13-10-20(11-14(2)24-13)18(21)12-23-19(22)17-8-7-15-5-3-4-6-16(15)9-17/h3-9,13-14H,10-12H2,1-2H3. The van der Waals surface area contributed by atoms with E-state index in [1.165, 1.54) is 0 Å². The van der Waals surface area contributed by atoms with E-state index in [9.17, 15) is 9.59 Å². The van der Waals surface area contributed by atoms with Gasteiger partial charge in [0, 0.05) is 13.1 Å². The average Bonchev–Trinajstić information content (AvgIpc) is 2.58. The van der Waals surface area contributed by atoms with E-state index in [2.05, 4.69) is 0 Å². The van der Waals surface area contributed by atoms with E-state index in [4.69, 9.17) is 9.47 Å². The molecule has 0 aliphatic carbocycles. The largest absolute Gasteiger partial charge is 0.452 e. The van der Waals surface area contributed by atoms with Gasteiger partial charge in [0.2, 0.25) is 0 Å². The van der Waals surface area contributed by atoms with Gasteiger partial charge in [-0.2, -0.15) is 0 Å². The Labute approximate surface area is 141 Å². The second-order valence-electron chi connectivity index (χ2n) is 6.19. The molecule has 0 saturated carbocycles. The van der Waals surface area contributed by atoms with Crippen LogP contribution in [0.4, 0.5) is 0 Å². The molecule has 0 aromatic heterocycles. The smallest absolute Gasteiger partial charge is 0.338 e. The van der Waals surface area contributed by atoms with Gasteiger partial charge in [0.25, 0.3) is 5.91 Å². The van der Waals surface area contributed by atoms with Crippen LogP contribution in [-0.4, -0.2) is 48.7 Å². The highest BCUT2D eigenvalue weighted by Gasteiger charge is 2.26. The van der Waals surface area contributed by atoms with Crippen molar-refractivity contribution < 1.29 is 19.1 Å². The molecule has 1 aliphatic heterocycles. The van der Waals surface area contributed by atoms with Crippen LogP contribution in [-0.2, 0) is 14.3 Å². The van der Waals surface area contributed by atoms with Crippen LogP contribution in [0, 0.1) is 0 Å². The molecule has 3 rings (SSSR count). The van der Waals surface area contributed by atoms with Crippen molar-refractivity contribution in [3.05, 3.63) is 48.0 Å². The predicted molar refractivity (Wildman–Crippen MR) is 90.8 cm³/mol. The molecule has 1 amide bonds. The lowest BCUT2D eigenvalue weighted by molar-refractivity contribution is -0.146. The molecule has 1 heterocycles. The minimum Gasteiger partial charge on any atom is -0.452 e. The molecule has 1 fully saturated rings. The van der Waals surface area contributed by atoms with Crippen LogP contribution >= 0.6 is 0 Å². The first-order chi connectivity index (χ1) is 11.5. The second kappa shape index (κ2) is 7.01. The number of hydrogen-bond acceptors (Lipinski definition) is 4. The normalized spacial score (nSPS) is 20.8. The number of morpholine rings is 1. The number of carbonyl (C=O) groups excluding carboxylic acids is 2. The van der Waals surface area contributed by atoms with E-state index < -0.39 is 5.97 Å². The molecular weight excluding hydrogens is 306 g/mol. The topological polar surface area (TPSA) is 55.8 Å². The van der Waals surface area contributed by atoms with Crippen molar-refractivity contribution in [2.24, 2.45) is 0 Å². The highest BCUT2D eigenvalue weighted by atomic mass is 16.5. The van der Waals surface area contributed by atoms with Gasteiger partial charge in [-0.05, 0) is 36.8 Å². The molecule has 1 aliphatic rings. The fourth-order valence-electron chi connectivity index (χ4n) is 3.00. The third-order valence-electron chi connectivity index (χ3n) is 4.08. The van der Waals surface area contributed by atoms with E-state index in [-0.39, 0.29) is 24.7 Å². The van der Waals surface area contributed by atoms with Gasteiger partial charge in [-0.15, -0.1) is 0 Å².